The first-order chi connectivity index (χ1) is 12.2. The fraction of sp³-hybridized carbons (Fsp3) is 0.571. The minimum atomic E-state index is -5.08. The maximum Gasteiger partial charge on any atom is 0.490 e. The number of carbonyl (C=O) groups is 1. The average molecular weight is 377 g/mol. The van der Waals surface area contributed by atoms with Gasteiger partial charge in [-0.3, -0.25) is 0 Å². The van der Waals surface area contributed by atoms with Gasteiger partial charge in [0.15, 0.2) is 0 Å². The van der Waals surface area contributed by atoms with E-state index in [0.717, 1.165) is 42.3 Å². The number of nitrogens with one attached hydrogen (secondary N) is 1. The standard InChI is InChI=1S/C12H17N5O2.C2HF3O2/c1-8-12(9(2)19-15-8)5-13-4-11-6-17-10(7-18-11)3-14-16-17;3-2(4,5)1(6)7/h3,11,13H,4-7H2,1-2H3;(H,6,7). The van der Waals surface area contributed by atoms with Gasteiger partial charge in [0, 0.05) is 18.7 Å². The molecule has 0 aromatic carbocycles. The summed E-state index contributed by atoms with van der Waals surface area (Å²) in [4.78, 5) is 8.90. The van der Waals surface area contributed by atoms with Gasteiger partial charge in [-0.15, -0.1) is 5.10 Å². The fourth-order valence-electron chi connectivity index (χ4n) is 2.23. The molecule has 2 aromatic rings. The Morgan fingerprint density at radius 3 is 2.73 bits per heavy atom. The Morgan fingerprint density at radius 1 is 1.46 bits per heavy atom. The highest BCUT2D eigenvalue weighted by Crippen LogP contribution is 2.14. The van der Waals surface area contributed by atoms with Crippen molar-refractivity contribution >= 4 is 5.97 Å². The third-order valence-electron chi connectivity index (χ3n) is 3.64. The summed E-state index contributed by atoms with van der Waals surface area (Å²) in [6, 6.07) is 0. The number of halogens is 3. The molecular weight excluding hydrogens is 359 g/mol. The summed E-state index contributed by atoms with van der Waals surface area (Å²) in [5.41, 5.74) is 3.09. The van der Waals surface area contributed by atoms with Gasteiger partial charge >= 0.3 is 12.1 Å². The molecule has 0 fully saturated rings. The van der Waals surface area contributed by atoms with E-state index in [1.54, 1.807) is 6.20 Å². The number of hydrogen-bond donors (Lipinski definition) is 2. The van der Waals surface area contributed by atoms with Gasteiger partial charge in [-0.25, -0.2) is 9.48 Å². The highest BCUT2D eigenvalue weighted by atomic mass is 19.4. The van der Waals surface area contributed by atoms with Crippen LogP contribution in [-0.2, 0) is 29.2 Å². The lowest BCUT2D eigenvalue weighted by molar-refractivity contribution is -0.192. The van der Waals surface area contributed by atoms with Gasteiger partial charge in [-0.1, -0.05) is 10.4 Å². The van der Waals surface area contributed by atoms with Gasteiger partial charge in [0.25, 0.3) is 0 Å². The minimum absolute atomic E-state index is 0.120. The second-order valence-corrected chi connectivity index (χ2v) is 5.58. The normalized spacial score (nSPS) is 16.6. The van der Waals surface area contributed by atoms with Crippen molar-refractivity contribution in [3.05, 3.63) is 28.9 Å². The van der Waals surface area contributed by atoms with Crippen LogP contribution in [0.25, 0.3) is 0 Å². The molecule has 0 saturated carbocycles. The van der Waals surface area contributed by atoms with Gasteiger partial charge in [0.05, 0.1) is 36.8 Å². The highest BCUT2D eigenvalue weighted by molar-refractivity contribution is 5.73. The fourth-order valence-corrected chi connectivity index (χ4v) is 2.23. The first-order valence-electron chi connectivity index (χ1n) is 7.60. The first-order valence-corrected chi connectivity index (χ1v) is 7.60. The van der Waals surface area contributed by atoms with Crippen LogP contribution < -0.4 is 5.32 Å². The number of ether oxygens (including phenoxy) is 1. The number of hydrogen-bond acceptors (Lipinski definition) is 7. The Kier molecular flexibility index (Phi) is 6.32. The number of fused-ring (bicyclic) bond motifs is 1. The third kappa shape index (κ3) is 5.26. The number of nitrogens with zero attached hydrogens (tertiary/aromatic N) is 4. The Bertz CT molecular complexity index is 724. The molecule has 0 spiro atoms. The van der Waals surface area contributed by atoms with Crippen molar-refractivity contribution < 1.29 is 32.3 Å². The highest BCUT2D eigenvalue weighted by Gasteiger charge is 2.38. The molecule has 0 aliphatic carbocycles. The molecule has 0 radical (unpaired) electrons. The Hall–Kier alpha value is -2.47. The topological polar surface area (TPSA) is 115 Å². The van der Waals surface area contributed by atoms with Crippen LogP contribution in [0.4, 0.5) is 13.2 Å². The van der Waals surface area contributed by atoms with E-state index in [2.05, 4.69) is 20.8 Å². The lowest BCUT2D eigenvalue weighted by Crippen LogP contribution is -2.36. The van der Waals surface area contributed by atoms with Crippen LogP contribution in [0.2, 0.25) is 0 Å². The molecule has 3 heterocycles. The van der Waals surface area contributed by atoms with Crippen molar-refractivity contribution in [2.75, 3.05) is 6.54 Å². The van der Waals surface area contributed by atoms with E-state index in [1.807, 2.05) is 18.5 Å². The van der Waals surface area contributed by atoms with E-state index in [9.17, 15) is 13.2 Å². The summed E-state index contributed by atoms with van der Waals surface area (Å²) in [6.45, 7) is 6.70. The number of aromatic nitrogens is 4. The molecule has 0 amide bonds. The lowest BCUT2D eigenvalue weighted by atomic mass is 10.2. The molecule has 0 saturated heterocycles. The number of rotatable bonds is 4. The molecule has 1 unspecified atom stereocenters. The van der Waals surface area contributed by atoms with Crippen LogP contribution in [0.1, 0.15) is 22.7 Å². The summed E-state index contributed by atoms with van der Waals surface area (Å²) in [7, 11) is 0. The van der Waals surface area contributed by atoms with Crippen LogP contribution in [0, 0.1) is 13.8 Å². The second kappa shape index (κ2) is 8.27. The van der Waals surface area contributed by atoms with E-state index >= 15 is 0 Å². The van der Waals surface area contributed by atoms with E-state index in [0.29, 0.717) is 6.61 Å². The zero-order valence-corrected chi connectivity index (χ0v) is 14.1. The smallest absolute Gasteiger partial charge is 0.475 e. The maximum absolute atomic E-state index is 10.6. The molecule has 144 valence electrons. The summed E-state index contributed by atoms with van der Waals surface area (Å²) in [5, 5.41) is 22.3. The number of aryl methyl sites for hydroxylation is 2. The SMILES string of the molecule is Cc1noc(C)c1CNCC1Cn2nncc2CO1.O=C(O)C(F)(F)F. The molecule has 2 N–H and O–H groups in total. The van der Waals surface area contributed by atoms with Crippen LogP contribution >= 0.6 is 0 Å². The predicted octanol–water partition coefficient (Wildman–Crippen LogP) is 1.20. The van der Waals surface area contributed by atoms with Crippen LogP contribution in [0.5, 0.6) is 0 Å². The number of carboxylic acids is 1. The van der Waals surface area contributed by atoms with Crippen molar-refractivity contribution in [2.24, 2.45) is 0 Å². The van der Waals surface area contributed by atoms with Crippen LogP contribution in [-0.4, -0.2) is 50.1 Å². The minimum Gasteiger partial charge on any atom is -0.475 e. The van der Waals surface area contributed by atoms with E-state index in [4.69, 9.17) is 19.2 Å². The van der Waals surface area contributed by atoms with Crippen molar-refractivity contribution in [1.82, 2.24) is 25.5 Å². The van der Waals surface area contributed by atoms with Crippen LogP contribution in [0.15, 0.2) is 10.7 Å². The molecule has 12 heteroatoms. The Labute approximate surface area is 146 Å². The van der Waals surface area contributed by atoms with Crippen LogP contribution in [0.3, 0.4) is 0 Å². The molecule has 1 aliphatic rings. The first kappa shape index (κ1) is 19.8. The predicted molar refractivity (Wildman–Crippen MR) is 80.0 cm³/mol. The monoisotopic (exact) mass is 377 g/mol. The van der Waals surface area contributed by atoms with Crippen molar-refractivity contribution in [3.8, 4) is 0 Å². The lowest BCUT2D eigenvalue weighted by Gasteiger charge is -2.23. The summed E-state index contributed by atoms with van der Waals surface area (Å²) < 4.78 is 44.5. The van der Waals surface area contributed by atoms with E-state index in [-0.39, 0.29) is 6.10 Å². The van der Waals surface area contributed by atoms with Crippen molar-refractivity contribution in [3.63, 3.8) is 0 Å². The van der Waals surface area contributed by atoms with E-state index in [1.165, 1.54) is 0 Å². The number of carboxylic acid groups (broad SMARTS) is 1. The van der Waals surface area contributed by atoms with E-state index < -0.39 is 12.1 Å². The zero-order chi connectivity index (χ0) is 19.3. The maximum atomic E-state index is 10.6. The van der Waals surface area contributed by atoms with Gasteiger partial charge in [-0.05, 0) is 13.8 Å². The molecule has 3 rings (SSSR count). The quantitative estimate of drug-likeness (QED) is 0.817. The number of aliphatic carboxylic acids is 1. The van der Waals surface area contributed by atoms with Gasteiger partial charge < -0.3 is 19.7 Å². The molecular formula is C14H18F3N5O4. The molecule has 1 atom stereocenters. The Balaban J connectivity index is 0.000000298. The zero-order valence-electron chi connectivity index (χ0n) is 14.1. The largest absolute Gasteiger partial charge is 0.490 e. The number of alkyl halides is 3. The van der Waals surface area contributed by atoms with Crippen molar-refractivity contribution in [1.29, 1.82) is 0 Å². The third-order valence-corrected chi connectivity index (χ3v) is 3.64. The Morgan fingerprint density at radius 2 is 2.15 bits per heavy atom. The molecule has 26 heavy (non-hydrogen) atoms. The second-order valence-electron chi connectivity index (χ2n) is 5.58. The van der Waals surface area contributed by atoms with Crippen molar-refractivity contribution in [2.45, 2.75) is 45.8 Å². The summed E-state index contributed by atoms with van der Waals surface area (Å²) in [5.74, 6) is -1.89. The molecule has 0 bridgehead atoms. The van der Waals surface area contributed by atoms with Gasteiger partial charge in [0.2, 0.25) is 0 Å². The average Bonchev–Trinajstić information content (AvgIpc) is 3.15. The van der Waals surface area contributed by atoms with Gasteiger partial charge in [0.1, 0.15) is 5.76 Å². The molecule has 1 aliphatic heterocycles. The summed E-state index contributed by atoms with van der Waals surface area (Å²) >= 11 is 0. The molecule has 9 nitrogen and oxygen atoms in total. The van der Waals surface area contributed by atoms with Gasteiger partial charge in [-0.2, -0.15) is 13.2 Å². The molecule has 2 aromatic heterocycles. The summed E-state index contributed by atoms with van der Waals surface area (Å²) in [6.07, 6.45) is -3.22.